The van der Waals surface area contributed by atoms with Crippen molar-refractivity contribution in [1.82, 2.24) is 0 Å². The van der Waals surface area contributed by atoms with Crippen molar-refractivity contribution in [2.24, 2.45) is 0 Å². The van der Waals surface area contributed by atoms with Crippen molar-refractivity contribution < 1.29 is 17.3 Å². The van der Waals surface area contributed by atoms with Gasteiger partial charge in [0.2, 0.25) is 0 Å². The van der Waals surface area contributed by atoms with Crippen molar-refractivity contribution in [3.8, 4) is 5.75 Å². The Morgan fingerprint density at radius 3 is 2.53 bits per heavy atom. The molecule has 0 atom stereocenters. The summed E-state index contributed by atoms with van der Waals surface area (Å²) < 4.78 is 31.3. The molecule has 0 fully saturated rings. The van der Waals surface area contributed by atoms with Gasteiger partial charge in [0, 0.05) is 0 Å². The molecule has 0 saturated heterocycles. The molecule has 5 heteroatoms. The first-order chi connectivity index (χ1) is 6.92. The van der Waals surface area contributed by atoms with Gasteiger partial charge in [-0.05, 0) is 24.1 Å². The molecule has 15 heavy (non-hydrogen) atoms. The summed E-state index contributed by atoms with van der Waals surface area (Å²) in [6, 6.07) is 5.43. The number of methoxy groups -OCH3 is 1. The highest BCUT2D eigenvalue weighted by atomic mass is 32.2. The Balaban J connectivity index is 2.79. The summed E-state index contributed by atoms with van der Waals surface area (Å²) in [6.07, 6.45) is 1.03. The third-order valence-electron chi connectivity index (χ3n) is 1.91. The lowest BCUT2D eigenvalue weighted by atomic mass is 10.1. The molecule has 0 spiro atoms. The number of hydrogen-bond donors (Lipinski definition) is 0. The summed E-state index contributed by atoms with van der Waals surface area (Å²) in [5.74, 6) is 0.726. The fraction of sp³-hybridized carbons (Fsp3) is 0.400. The zero-order chi connectivity index (χ0) is 11.5. The molecule has 0 radical (unpaired) electrons. The first-order valence-electron chi connectivity index (χ1n) is 4.40. The van der Waals surface area contributed by atoms with Crippen LogP contribution in [0, 0.1) is 6.92 Å². The minimum atomic E-state index is -3.39. The number of hydrogen-bond acceptors (Lipinski definition) is 4. The summed E-state index contributed by atoms with van der Waals surface area (Å²) in [4.78, 5) is 0. The van der Waals surface area contributed by atoms with Crippen LogP contribution in [0.2, 0.25) is 0 Å². The highest BCUT2D eigenvalue weighted by Gasteiger charge is 2.04. The smallest absolute Gasteiger partial charge is 0.264 e. The molecule has 1 rings (SSSR count). The van der Waals surface area contributed by atoms with Crippen LogP contribution in [0.3, 0.4) is 0 Å². The van der Waals surface area contributed by atoms with E-state index in [9.17, 15) is 8.42 Å². The molecule has 0 N–H and O–H groups in total. The number of aryl methyl sites for hydroxylation is 1. The van der Waals surface area contributed by atoms with E-state index in [1.54, 1.807) is 13.2 Å². The van der Waals surface area contributed by atoms with Gasteiger partial charge in [0.25, 0.3) is 10.1 Å². The molecule has 0 aliphatic carbocycles. The van der Waals surface area contributed by atoms with Gasteiger partial charge >= 0.3 is 0 Å². The lowest BCUT2D eigenvalue weighted by Crippen LogP contribution is -2.02. The average molecular weight is 230 g/mol. The van der Waals surface area contributed by atoms with Crippen LogP contribution in [0.25, 0.3) is 0 Å². The van der Waals surface area contributed by atoms with E-state index in [0.717, 1.165) is 23.1 Å². The quantitative estimate of drug-likeness (QED) is 0.735. The maximum absolute atomic E-state index is 10.8. The third kappa shape index (κ3) is 3.89. The zero-order valence-corrected chi connectivity index (χ0v) is 9.80. The first kappa shape index (κ1) is 12.0. The molecule has 0 aliphatic rings. The van der Waals surface area contributed by atoms with Crippen molar-refractivity contribution >= 4 is 10.1 Å². The van der Waals surface area contributed by atoms with Crippen molar-refractivity contribution in [1.29, 1.82) is 0 Å². The molecule has 0 aromatic heterocycles. The molecular formula is C10H14O4S. The first-order valence-corrected chi connectivity index (χ1v) is 6.22. The third-order valence-corrected chi connectivity index (χ3v) is 2.46. The van der Waals surface area contributed by atoms with Crippen molar-refractivity contribution in [2.75, 3.05) is 13.4 Å². The van der Waals surface area contributed by atoms with Gasteiger partial charge in [-0.3, -0.25) is 4.18 Å². The topological polar surface area (TPSA) is 52.6 Å². The summed E-state index contributed by atoms with van der Waals surface area (Å²) >= 11 is 0. The van der Waals surface area contributed by atoms with Crippen LogP contribution in [0.4, 0.5) is 0 Å². The summed E-state index contributed by atoms with van der Waals surface area (Å²) in [5.41, 5.74) is 1.77. The van der Waals surface area contributed by atoms with Crippen LogP contribution >= 0.6 is 0 Å². The van der Waals surface area contributed by atoms with E-state index in [4.69, 9.17) is 4.74 Å². The van der Waals surface area contributed by atoms with E-state index in [-0.39, 0.29) is 6.61 Å². The predicted molar refractivity (Wildman–Crippen MR) is 57.4 cm³/mol. The highest BCUT2D eigenvalue weighted by molar-refractivity contribution is 7.85. The van der Waals surface area contributed by atoms with Crippen molar-refractivity contribution in [3.63, 3.8) is 0 Å². The van der Waals surface area contributed by atoms with Crippen molar-refractivity contribution in [3.05, 3.63) is 29.3 Å². The Hall–Kier alpha value is -1.07. The summed E-state index contributed by atoms with van der Waals surface area (Å²) in [5, 5.41) is 0. The fourth-order valence-corrected chi connectivity index (χ4v) is 1.48. The molecule has 1 aromatic carbocycles. The van der Waals surface area contributed by atoms with Gasteiger partial charge in [-0.1, -0.05) is 12.1 Å². The second kappa shape index (κ2) is 4.63. The van der Waals surface area contributed by atoms with Crippen LogP contribution in [0.5, 0.6) is 5.75 Å². The van der Waals surface area contributed by atoms with Gasteiger partial charge in [-0.2, -0.15) is 8.42 Å². The van der Waals surface area contributed by atoms with Crippen LogP contribution in [0.15, 0.2) is 18.2 Å². The maximum Gasteiger partial charge on any atom is 0.264 e. The minimum absolute atomic E-state index is 0.0372. The molecule has 0 unspecified atom stereocenters. The Kier molecular flexibility index (Phi) is 3.71. The largest absolute Gasteiger partial charge is 0.496 e. The molecule has 0 aliphatic heterocycles. The second-order valence-electron chi connectivity index (χ2n) is 3.27. The monoisotopic (exact) mass is 230 g/mol. The summed E-state index contributed by atoms with van der Waals surface area (Å²) in [7, 11) is -1.82. The van der Waals surface area contributed by atoms with Gasteiger partial charge in [0.15, 0.2) is 0 Å². The van der Waals surface area contributed by atoms with Crippen LogP contribution in [-0.4, -0.2) is 21.8 Å². The zero-order valence-electron chi connectivity index (χ0n) is 8.98. The van der Waals surface area contributed by atoms with E-state index in [0.29, 0.717) is 0 Å². The molecule has 0 heterocycles. The SMILES string of the molecule is COc1cc(COS(C)(=O)=O)ccc1C. The highest BCUT2D eigenvalue weighted by Crippen LogP contribution is 2.19. The van der Waals surface area contributed by atoms with E-state index in [2.05, 4.69) is 4.18 Å². The van der Waals surface area contributed by atoms with E-state index < -0.39 is 10.1 Å². The maximum atomic E-state index is 10.8. The predicted octanol–water partition coefficient (Wildman–Crippen LogP) is 1.48. The molecule has 0 bridgehead atoms. The van der Waals surface area contributed by atoms with Gasteiger partial charge in [0.1, 0.15) is 5.75 Å². The van der Waals surface area contributed by atoms with E-state index in [1.165, 1.54) is 0 Å². The fourth-order valence-electron chi connectivity index (χ4n) is 1.13. The lowest BCUT2D eigenvalue weighted by Gasteiger charge is -2.07. The van der Waals surface area contributed by atoms with Crippen LogP contribution in [0.1, 0.15) is 11.1 Å². The molecule has 0 saturated carbocycles. The minimum Gasteiger partial charge on any atom is -0.496 e. The lowest BCUT2D eigenvalue weighted by molar-refractivity contribution is 0.310. The molecule has 1 aromatic rings. The molecular weight excluding hydrogens is 216 g/mol. The second-order valence-corrected chi connectivity index (χ2v) is 4.91. The van der Waals surface area contributed by atoms with Crippen LogP contribution < -0.4 is 4.74 Å². The van der Waals surface area contributed by atoms with Gasteiger partial charge in [-0.15, -0.1) is 0 Å². The normalized spacial score (nSPS) is 11.4. The Morgan fingerprint density at radius 2 is 2.00 bits per heavy atom. The molecule has 84 valence electrons. The molecule has 0 amide bonds. The van der Waals surface area contributed by atoms with Gasteiger partial charge in [0.05, 0.1) is 20.0 Å². The van der Waals surface area contributed by atoms with E-state index in [1.807, 2.05) is 19.1 Å². The number of benzene rings is 1. The van der Waals surface area contributed by atoms with Crippen molar-refractivity contribution in [2.45, 2.75) is 13.5 Å². The number of ether oxygens (including phenoxy) is 1. The molecule has 4 nitrogen and oxygen atoms in total. The van der Waals surface area contributed by atoms with Gasteiger partial charge in [-0.25, -0.2) is 0 Å². The standard InChI is InChI=1S/C10H14O4S/c1-8-4-5-9(6-10(8)13-2)7-14-15(3,11)12/h4-6H,7H2,1-3H3. The number of rotatable bonds is 4. The Morgan fingerprint density at radius 1 is 1.33 bits per heavy atom. The van der Waals surface area contributed by atoms with E-state index >= 15 is 0 Å². The Bertz CT molecular complexity index is 437. The summed E-state index contributed by atoms with van der Waals surface area (Å²) in [6.45, 7) is 1.95. The Labute approximate surface area is 90.0 Å². The average Bonchev–Trinajstić information content (AvgIpc) is 2.15. The van der Waals surface area contributed by atoms with Gasteiger partial charge < -0.3 is 4.74 Å². The van der Waals surface area contributed by atoms with Crippen LogP contribution in [-0.2, 0) is 20.9 Å².